The van der Waals surface area contributed by atoms with Gasteiger partial charge in [-0.05, 0) is 97.5 Å². The van der Waals surface area contributed by atoms with Crippen molar-refractivity contribution in [1.82, 2.24) is 0 Å². The van der Waals surface area contributed by atoms with Crippen molar-refractivity contribution >= 4 is 76.8 Å². The lowest BCUT2D eigenvalue weighted by molar-refractivity contribution is 0.00578. The van der Waals surface area contributed by atoms with Crippen LogP contribution < -0.4 is 5.46 Å². The van der Waals surface area contributed by atoms with Gasteiger partial charge in [0.2, 0.25) is 0 Å². The first-order chi connectivity index (χ1) is 18.8. The Labute approximate surface area is 231 Å². The number of hydrogen-bond donors (Lipinski definition) is 0. The van der Waals surface area contributed by atoms with Gasteiger partial charge in [-0.3, -0.25) is 0 Å². The van der Waals surface area contributed by atoms with E-state index in [1.807, 2.05) is 11.3 Å². The number of fused-ring (bicyclic) bond motifs is 7. The highest BCUT2D eigenvalue weighted by Gasteiger charge is 2.52. The van der Waals surface area contributed by atoms with Crippen LogP contribution in [0.3, 0.4) is 0 Å². The zero-order valence-corrected chi connectivity index (χ0v) is 23.2. The van der Waals surface area contributed by atoms with Crippen LogP contribution in [0.4, 0.5) is 0 Å². The van der Waals surface area contributed by atoms with E-state index in [0.29, 0.717) is 0 Å². The van der Waals surface area contributed by atoms with E-state index in [4.69, 9.17) is 13.7 Å². The number of hydrogen-bond acceptors (Lipinski definition) is 4. The summed E-state index contributed by atoms with van der Waals surface area (Å²) in [6, 6.07) is 32.6. The first-order valence-corrected chi connectivity index (χ1v) is 14.3. The molecule has 1 aliphatic heterocycles. The maximum Gasteiger partial charge on any atom is 0.495 e. The Morgan fingerprint density at radius 2 is 1.26 bits per heavy atom. The first kappa shape index (κ1) is 23.3. The maximum atomic E-state index is 6.47. The Kier molecular flexibility index (Phi) is 4.74. The van der Waals surface area contributed by atoms with Gasteiger partial charge < -0.3 is 13.7 Å². The molecule has 1 aliphatic rings. The third-order valence-electron chi connectivity index (χ3n) is 8.71. The van der Waals surface area contributed by atoms with E-state index in [9.17, 15) is 0 Å². The molecule has 3 heterocycles. The van der Waals surface area contributed by atoms with Gasteiger partial charge in [0.1, 0.15) is 11.2 Å². The first-order valence-electron chi connectivity index (χ1n) is 13.4. The summed E-state index contributed by atoms with van der Waals surface area (Å²) in [6.45, 7) is 8.43. The Bertz CT molecular complexity index is 2080. The number of benzene rings is 5. The number of rotatable bonds is 2. The molecule has 2 aromatic heterocycles. The van der Waals surface area contributed by atoms with Crippen LogP contribution in [-0.4, -0.2) is 18.3 Å². The molecule has 5 heteroatoms. The summed E-state index contributed by atoms with van der Waals surface area (Å²) in [7, 11) is -0.399. The van der Waals surface area contributed by atoms with Crippen LogP contribution in [0.1, 0.15) is 27.7 Å². The van der Waals surface area contributed by atoms with Crippen molar-refractivity contribution in [2.24, 2.45) is 0 Å². The van der Waals surface area contributed by atoms with Gasteiger partial charge in [0.05, 0.1) is 11.2 Å². The summed E-state index contributed by atoms with van der Waals surface area (Å²) < 4.78 is 21.7. The molecule has 0 atom stereocenters. The summed E-state index contributed by atoms with van der Waals surface area (Å²) in [5.74, 6) is 0. The van der Waals surface area contributed by atoms with E-state index in [0.717, 1.165) is 27.4 Å². The van der Waals surface area contributed by atoms with E-state index in [-0.39, 0.29) is 11.2 Å². The van der Waals surface area contributed by atoms with Gasteiger partial charge in [0.25, 0.3) is 0 Å². The van der Waals surface area contributed by atoms with Gasteiger partial charge >= 0.3 is 7.12 Å². The van der Waals surface area contributed by atoms with E-state index in [1.165, 1.54) is 42.1 Å². The lowest BCUT2D eigenvalue weighted by Gasteiger charge is -2.32. The minimum Gasteiger partial charge on any atom is -0.456 e. The highest BCUT2D eigenvalue weighted by molar-refractivity contribution is 7.26. The molecule has 1 saturated heterocycles. The molecule has 3 nitrogen and oxygen atoms in total. The van der Waals surface area contributed by atoms with Crippen molar-refractivity contribution in [3.05, 3.63) is 91.0 Å². The Morgan fingerprint density at radius 1 is 0.590 bits per heavy atom. The van der Waals surface area contributed by atoms with Crippen molar-refractivity contribution in [3.63, 3.8) is 0 Å². The predicted molar refractivity (Wildman–Crippen MR) is 165 cm³/mol. The SMILES string of the molecule is CC1(C)OB(c2cccc3sc4ccc(-c5ccc6oc7cc8ccccc8cc7c6c5)cc4c23)OC1(C)C. The lowest BCUT2D eigenvalue weighted by atomic mass is 9.76. The Hall–Kier alpha value is -3.64. The zero-order chi connectivity index (χ0) is 26.5. The van der Waals surface area contributed by atoms with Crippen LogP contribution in [0.15, 0.2) is 95.4 Å². The van der Waals surface area contributed by atoms with Crippen molar-refractivity contribution in [2.75, 3.05) is 0 Å². The molecule has 0 spiro atoms. The quantitative estimate of drug-likeness (QED) is 0.211. The van der Waals surface area contributed by atoms with Gasteiger partial charge in [0.15, 0.2) is 0 Å². The van der Waals surface area contributed by atoms with Gasteiger partial charge in [-0.2, -0.15) is 0 Å². The molecule has 0 amide bonds. The van der Waals surface area contributed by atoms with Crippen LogP contribution in [0.25, 0.3) is 64.0 Å². The van der Waals surface area contributed by atoms with Crippen molar-refractivity contribution in [2.45, 2.75) is 38.9 Å². The summed E-state index contributed by atoms with van der Waals surface area (Å²) in [4.78, 5) is 0. The maximum absolute atomic E-state index is 6.47. The molecule has 0 bridgehead atoms. The molecule has 0 aliphatic carbocycles. The second-order valence-electron chi connectivity index (χ2n) is 11.6. The molecule has 8 rings (SSSR count). The monoisotopic (exact) mass is 526 g/mol. The van der Waals surface area contributed by atoms with E-state index in [2.05, 4.69) is 119 Å². The molecule has 7 aromatic rings. The summed E-state index contributed by atoms with van der Waals surface area (Å²) in [5, 5.41) is 7.16. The highest BCUT2D eigenvalue weighted by Crippen LogP contribution is 2.41. The molecular formula is C34H27BO3S. The fourth-order valence-corrected chi connectivity index (χ4v) is 6.96. The predicted octanol–water partition coefficient (Wildman–Crippen LogP) is 9.07. The molecule has 190 valence electrons. The molecule has 39 heavy (non-hydrogen) atoms. The van der Waals surface area contributed by atoms with Crippen LogP contribution in [0.2, 0.25) is 0 Å². The lowest BCUT2D eigenvalue weighted by Crippen LogP contribution is -2.41. The fraction of sp³-hybridized carbons (Fsp3) is 0.176. The molecule has 0 unspecified atom stereocenters. The second kappa shape index (κ2) is 7.95. The molecule has 1 fully saturated rings. The van der Waals surface area contributed by atoms with Gasteiger partial charge in [-0.1, -0.05) is 48.5 Å². The van der Waals surface area contributed by atoms with Crippen molar-refractivity contribution in [1.29, 1.82) is 0 Å². The summed E-state index contributed by atoms with van der Waals surface area (Å²) in [5.41, 5.74) is 4.52. The normalized spacial score (nSPS) is 16.9. The van der Waals surface area contributed by atoms with Crippen molar-refractivity contribution < 1.29 is 13.7 Å². The van der Waals surface area contributed by atoms with Crippen LogP contribution in [0.5, 0.6) is 0 Å². The third-order valence-corrected chi connectivity index (χ3v) is 9.84. The molecule has 5 aromatic carbocycles. The van der Waals surface area contributed by atoms with Crippen LogP contribution in [0, 0.1) is 0 Å². The zero-order valence-electron chi connectivity index (χ0n) is 22.4. The minimum atomic E-state index is -0.399. The van der Waals surface area contributed by atoms with Crippen LogP contribution in [-0.2, 0) is 9.31 Å². The standard InChI is InChI=1S/C34H27BO3S/c1-33(2)34(3,4)38-35(37-33)27-10-7-11-31-32(27)26-18-23(13-15-30(26)39-31)22-12-14-28-24(17-22)25-16-20-8-5-6-9-21(20)19-29(25)36-28/h5-19H,1-4H3. The highest BCUT2D eigenvalue weighted by atomic mass is 32.1. The average molecular weight is 526 g/mol. The number of furan rings is 1. The van der Waals surface area contributed by atoms with Crippen molar-refractivity contribution in [3.8, 4) is 11.1 Å². The second-order valence-corrected chi connectivity index (χ2v) is 12.7. The van der Waals surface area contributed by atoms with E-state index < -0.39 is 7.12 Å². The largest absolute Gasteiger partial charge is 0.495 e. The van der Waals surface area contributed by atoms with Crippen LogP contribution >= 0.6 is 11.3 Å². The summed E-state index contributed by atoms with van der Waals surface area (Å²) >= 11 is 1.82. The fourth-order valence-electron chi connectivity index (χ4n) is 5.84. The Morgan fingerprint density at radius 3 is 2.03 bits per heavy atom. The van der Waals surface area contributed by atoms with Gasteiger partial charge in [-0.15, -0.1) is 11.3 Å². The molecular weight excluding hydrogens is 499 g/mol. The minimum absolute atomic E-state index is 0.384. The average Bonchev–Trinajstić information content (AvgIpc) is 3.54. The number of thiophene rings is 1. The van der Waals surface area contributed by atoms with Gasteiger partial charge in [0, 0.05) is 30.9 Å². The topological polar surface area (TPSA) is 31.6 Å². The summed E-state index contributed by atoms with van der Waals surface area (Å²) in [6.07, 6.45) is 0. The van der Waals surface area contributed by atoms with Gasteiger partial charge in [-0.25, -0.2) is 0 Å². The van der Waals surface area contributed by atoms with E-state index in [1.54, 1.807) is 0 Å². The molecule has 0 radical (unpaired) electrons. The Balaban J connectivity index is 1.29. The van der Waals surface area contributed by atoms with E-state index >= 15 is 0 Å². The molecule has 0 saturated carbocycles. The smallest absolute Gasteiger partial charge is 0.456 e. The third kappa shape index (κ3) is 3.44. The molecule has 0 N–H and O–H groups in total.